The minimum absolute atomic E-state index is 0.0188. The summed E-state index contributed by atoms with van der Waals surface area (Å²) in [5.74, 6) is -0.427. The third-order valence-corrected chi connectivity index (χ3v) is 6.27. The molecule has 2 aliphatic rings. The number of amides is 2. The third-order valence-electron chi connectivity index (χ3n) is 6.27. The van der Waals surface area contributed by atoms with E-state index in [-0.39, 0.29) is 29.2 Å². The number of hydrogen-bond acceptors (Lipinski definition) is 5. The molecule has 32 heavy (non-hydrogen) atoms. The van der Waals surface area contributed by atoms with Crippen molar-refractivity contribution in [2.75, 3.05) is 26.9 Å². The van der Waals surface area contributed by atoms with Gasteiger partial charge in [-0.25, -0.2) is 0 Å². The molecule has 8 heteroatoms. The Bertz CT molecular complexity index is 1050. The Hall–Kier alpha value is -2.97. The zero-order valence-corrected chi connectivity index (χ0v) is 18.5. The van der Waals surface area contributed by atoms with Gasteiger partial charge in [0.25, 0.3) is 11.5 Å². The van der Waals surface area contributed by atoms with Crippen molar-refractivity contribution < 1.29 is 19.1 Å². The molecular weight excluding hydrogens is 410 g/mol. The van der Waals surface area contributed by atoms with Crippen molar-refractivity contribution in [2.24, 2.45) is 0 Å². The van der Waals surface area contributed by atoms with E-state index in [2.05, 4.69) is 5.32 Å². The number of methoxy groups -OCH3 is 1. The fraction of sp³-hybridized carbons (Fsp3) is 0.458. The van der Waals surface area contributed by atoms with Crippen LogP contribution < -0.4 is 10.9 Å². The SMILES string of the molecule is CO[C@@H]1COC[C@@H]1NC(=O)c1c2c(cn(CCc3ccccc3)c1=O)CN(C(C)=O)CC2. The van der Waals surface area contributed by atoms with Gasteiger partial charge in [-0.1, -0.05) is 30.3 Å². The number of fused-ring (bicyclic) bond motifs is 1. The van der Waals surface area contributed by atoms with Crippen molar-refractivity contribution >= 4 is 11.8 Å². The van der Waals surface area contributed by atoms with Gasteiger partial charge in [-0.2, -0.15) is 0 Å². The summed E-state index contributed by atoms with van der Waals surface area (Å²) in [5.41, 5.74) is 2.55. The second-order valence-corrected chi connectivity index (χ2v) is 8.32. The van der Waals surface area contributed by atoms with Crippen molar-refractivity contribution in [3.8, 4) is 0 Å². The number of aromatic nitrogens is 1. The second kappa shape index (κ2) is 9.67. The fourth-order valence-electron chi connectivity index (χ4n) is 4.42. The van der Waals surface area contributed by atoms with Gasteiger partial charge >= 0.3 is 0 Å². The normalized spacial score (nSPS) is 20.1. The monoisotopic (exact) mass is 439 g/mol. The first-order valence-corrected chi connectivity index (χ1v) is 10.9. The maximum Gasteiger partial charge on any atom is 0.263 e. The summed E-state index contributed by atoms with van der Waals surface area (Å²) in [6.45, 7) is 3.62. The molecule has 1 N–H and O–H groups in total. The highest BCUT2D eigenvalue weighted by molar-refractivity contribution is 5.96. The largest absolute Gasteiger partial charge is 0.377 e. The van der Waals surface area contributed by atoms with Crippen molar-refractivity contribution in [3.05, 3.63) is 69.1 Å². The molecule has 0 radical (unpaired) electrons. The molecule has 2 aromatic rings. The number of aryl methyl sites for hydroxylation is 2. The predicted octanol–water partition coefficient (Wildman–Crippen LogP) is 1.14. The van der Waals surface area contributed by atoms with Gasteiger partial charge in [-0.05, 0) is 29.5 Å². The predicted molar refractivity (Wildman–Crippen MR) is 119 cm³/mol. The van der Waals surface area contributed by atoms with E-state index in [1.807, 2.05) is 36.5 Å². The van der Waals surface area contributed by atoms with Gasteiger partial charge in [0.1, 0.15) is 11.7 Å². The van der Waals surface area contributed by atoms with Gasteiger partial charge in [-0.3, -0.25) is 14.4 Å². The molecule has 1 aromatic heterocycles. The van der Waals surface area contributed by atoms with E-state index < -0.39 is 5.91 Å². The number of benzene rings is 1. The lowest BCUT2D eigenvalue weighted by Crippen LogP contribution is -2.47. The fourth-order valence-corrected chi connectivity index (χ4v) is 4.42. The van der Waals surface area contributed by atoms with Gasteiger partial charge in [0.2, 0.25) is 5.91 Å². The molecule has 0 saturated carbocycles. The van der Waals surface area contributed by atoms with Gasteiger partial charge in [0.15, 0.2) is 0 Å². The third kappa shape index (κ3) is 4.61. The van der Waals surface area contributed by atoms with E-state index in [1.165, 1.54) is 6.92 Å². The molecule has 4 rings (SSSR count). The Kier molecular flexibility index (Phi) is 6.72. The van der Waals surface area contributed by atoms with E-state index in [4.69, 9.17) is 9.47 Å². The van der Waals surface area contributed by atoms with Crippen molar-refractivity contribution in [2.45, 2.75) is 45.0 Å². The topological polar surface area (TPSA) is 89.9 Å². The highest BCUT2D eigenvalue weighted by atomic mass is 16.5. The molecule has 2 atom stereocenters. The van der Waals surface area contributed by atoms with E-state index in [1.54, 1.807) is 16.6 Å². The van der Waals surface area contributed by atoms with E-state index >= 15 is 0 Å². The molecule has 8 nitrogen and oxygen atoms in total. The van der Waals surface area contributed by atoms with Crippen LogP contribution in [0.3, 0.4) is 0 Å². The summed E-state index contributed by atoms with van der Waals surface area (Å²) in [4.78, 5) is 40.4. The van der Waals surface area contributed by atoms with Gasteiger partial charge < -0.3 is 24.3 Å². The highest BCUT2D eigenvalue weighted by Crippen LogP contribution is 2.22. The number of carbonyl (C=O) groups excluding carboxylic acids is 2. The van der Waals surface area contributed by atoms with Crippen LogP contribution in [-0.2, 0) is 40.2 Å². The smallest absolute Gasteiger partial charge is 0.263 e. The van der Waals surface area contributed by atoms with Crippen LogP contribution in [0.2, 0.25) is 0 Å². The zero-order chi connectivity index (χ0) is 22.7. The summed E-state index contributed by atoms with van der Waals surface area (Å²) in [7, 11) is 1.58. The van der Waals surface area contributed by atoms with Crippen LogP contribution in [0.1, 0.15) is 34.0 Å². The molecule has 1 fully saturated rings. The van der Waals surface area contributed by atoms with Gasteiger partial charge in [0, 0.05) is 39.9 Å². The average Bonchev–Trinajstić information content (AvgIpc) is 3.24. The number of hydrogen-bond donors (Lipinski definition) is 1. The minimum atomic E-state index is -0.408. The van der Waals surface area contributed by atoms with Crippen molar-refractivity contribution in [1.82, 2.24) is 14.8 Å². The van der Waals surface area contributed by atoms with Crippen LogP contribution in [0.15, 0.2) is 41.3 Å². The average molecular weight is 440 g/mol. The lowest BCUT2D eigenvalue weighted by Gasteiger charge is -2.30. The van der Waals surface area contributed by atoms with E-state index in [0.717, 1.165) is 16.7 Å². The van der Waals surface area contributed by atoms with Gasteiger partial charge in [0.05, 0.1) is 19.3 Å². The molecule has 1 aromatic carbocycles. The van der Waals surface area contributed by atoms with Crippen LogP contribution in [0.5, 0.6) is 0 Å². The van der Waals surface area contributed by atoms with Gasteiger partial charge in [-0.15, -0.1) is 0 Å². The summed E-state index contributed by atoms with van der Waals surface area (Å²) in [5, 5.41) is 2.94. The molecule has 0 spiro atoms. The molecule has 2 aliphatic heterocycles. The van der Waals surface area contributed by atoms with Crippen LogP contribution in [0, 0.1) is 0 Å². The molecule has 1 saturated heterocycles. The molecule has 0 bridgehead atoms. The van der Waals surface area contributed by atoms with Crippen molar-refractivity contribution in [1.29, 1.82) is 0 Å². The number of pyridine rings is 1. The summed E-state index contributed by atoms with van der Waals surface area (Å²) in [6, 6.07) is 9.60. The van der Waals surface area contributed by atoms with Crippen LogP contribution >= 0.6 is 0 Å². The summed E-state index contributed by atoms with van der Waals surface area (Å²) < 4.78 is 12.4. The van der Waals surface area contributed by atoms with E-state index in [9.17, 15) is 14.4 Å². The Labute approximate surface area is 187 Å². The first-order chi connectivity index (χ1) is 15.5. The van der Waals surface area contributed by atoms with Crippen LogP contribution in [0.4, 0.5) is 0 Å². The minimum Gasteiger partial charge on any atom is -0.377 e. The molecule has 0 unspecified atom stereocenters. The molecule has 0 aliphatic carbocycles. The highest BCUT2D eigenvalue weighted by Gasteiger charge is 2.33. The number of nitrogens with one attached hydrogen (secondary N) is 1. The van der Waals surface area contributed by atoms with E-state index in [0.29, 0.717) is 45.7 Å². The quantitative estimate of drug-likeness (QED) is 0.729. The molecule has 3 heterocycles. The lowest BCUT2D eigenvalue weighted by molar-refractivity contribution is -0.129. The second-order valence-electron chi connectivity index (χ2n) is 8.32. The number of ether oxygens (including phenoxy) is 2. The first-order valence-electron chi connectivity index (χ1n) is 10.9. The first kappa shape index (κ1) is 22.2. The number of rotatable bonds is 6. The Morgan fingerprint density at radius 1 is 1.22 bits per heavy atom. The maximum atomic E-state index is 13.4. The summed E-state index contributed by atoms with van der Waals surface area (Å²) in [6.07, 6.45) is 2.70. The molecular formula is C24H29N3O5. The summed E-state index contributed by atoms with van der Waals surface area (Å²) >= 11 is 0. The number of nitrogens with zero attached hydrogens (tertiary/aromatic N) is 2. The van der Waals surface area contributed by atoms with Crippen molar-refractivity contribution in [3.63, 3.8) is 0 Å². The Morgan fingerprint density at radius 2 is 2.00 bits per heavy atom. The Balaban J connectivity index is 1.67. The van der Waals surface area contributed by atoms with Crippen LogP contribution in [0.25, 0.3) is 0 Å². The number of carbonyl (C=O) groups is 2. The standard InChI is InChI=1S/C24H29N3O5/c1-16(28)26-11-9-19-18(12-26)13-27(10-8-17-6-4-3-5-7-17)24(30)22(19)23(29)25-20-14-32-15-21(20)31-2/h3-7,13,20-21H,8-12,14-15H2,1-2H3,(H,25,29)/t20-,21+/m0/s1. The Morgan fingerprint density at radius 3 is 2.72 bits per heavy atom. The lowest BCUT2D eigenvalue weighted by atomic mass is 9.95. The molecule has 2 amide bonds. The maximum absolute atomic E-state index is 13.4. The van der Waals surface area contributed by atoms with Crippen LogP contribution in [-0.4, -0.2) is 60.3 Å². The zero-order valence-electron chi connectivity index (χ0n) is 18.5. The molecule has 170 valence electrons.